The normalized spacial score (nSPS) is 10.6. The van der Waals surface area contributed by atoms with Crippen LogP contribution in [0.5, 0.6) is 5.75 Å². The van der Waals surface area contributed by atoms with E-state index in [2.05, 4.69) is 20.6 Å². The molecule has 150 valence electrons. The molecule has 0 saturated heterocycles. The molecule has 2 N–H and O–H groups in total. The van der Waals surface area contributed by atoms with Gasteiger partial charge in [-0.1, -0.05) is 12.1 Å². The lowest BCUT2D eigenvalue weighted by molar-refractivity contribution is 0.0951. The van der Waals surface area contributed by atoms with Gasteiger partial charge in [0.1, 0.15) is 5.75 Å². The quantitative estimate of drug-likeness (QED) is 0.614. The molecule has 0 fully saturated rings. The molecule has 0 spiro atoms. The van der Waals surface area contributed by atoms with Crippen molar-refractivity contribution in [3.63, 3.8) is 0 Å². The number of methoxy groups -OCH3 is 1. The van der Waals surface area contributed by atoms with Gasteiger partial charge in [-0.3, -0.25) is 4.79 Å². The molecule has 1 amide bonds. The summed E-state index contributed by atoms with van der Waals surface area (Å²) in [5.74, 6) is 1.21. The van der Waals surface area contributed by atoms with Crippen molar-refractivity contribution >= 4 is 17.5 Å². The highest BCUT2D eigenvalue weighted by molar-refractivity contribution is 5.94. The van der Waals surface area contributed by atoms with E-state index in [9.17, 15) is 4.79 Å². The molecular weight excluding hydrogens is 366 g/mol. The van der Waals surface area contributed by atoms with Gasteiger partial charge in [-0.15, -0.1) is 0 Å². The number of amides is 1. The summed E-state index contributed by atoms with van der Waals surface area (Å²) >= 11 is 0. The number of nitrogens with zero attached hydrogens (tertiary/aromatic N) is 3. The molecule has 0 atom stereocenters. The zero-order valence-corrected chi connectivity index (χ0v) is 16.8. The molecule has 0 unspecified atom stereocenters. The minimum Gasteiger partial charge on any atom is -0.497 e. The van der Waals surface area contributed by atoms with E-state index in [4.69, 9.17) is 4.74 Å². The number of carbonyl (C=O) groups excluding carboxylic acids is 1. The van der Waals surface area contributed by atoms with Crippen LogP contribution in [-0.2, 0) is 0 Å². The third-order valence-corrected chi connectivity index (χ3v) is 4.32. The van der Waals surface area contributed by atoms with E-state index in [1.54, 1.807) is 31.6 Å². The lowest BCUT2D eigenvalue weighted by Gasteiger charge is -2.11. The van der Waals surface area contributed by atoms with Crippen LogP contribution >= 0.6 is 0 Å². The molecule has 3 rings (SSSR count). The standard InChI is InChI=1S/C22H25N5O2/c1-27(2)13-12-23-21(28)17-4-8-19(9-5-17)26-22-24-14-18(15-25-22)16-6-10-20(29-3)11-7-16/h4-11,14-15H,12-13H2,1-3H3,(H,23,28)(H,24,25,26). The average Bonchev–Trinajstić information content (AvgIpc) is 2.74. The van der Waals surface area contributed by atoms with Crippen molar-refractivity contribution in [2.75, 3.05) is 39.6 Å². The lowest BCUT2D eigenvalue weighted by Crippen LogP contribution is -2.31. The average molecular weight is 391 g/mol. The summed E-state index contributed by atoms with van der Waals surface area (Å²) in [5, 5.41) is 6.04. The first-order valence-electron chi connectivity index (χ1n) is 9.31. The van der Waals surface area contributed by atoms with Crippen molar-refractivity contribution in [3.8, 4) is 16.9 Å². The van der Waals surface area contributed by atoms with Gasteiger partial charge in [0.05, 0.1) is 7.11 Å². The van der Waals surface area contributed by atoms with Crippen molar-refractivity contribution in [2.24, 2.45) is 0 Å². The van der Waals surface area contributed by atoms with Gasteiger partial charge < -0.3 is 20.3 Å². The molecule has 0 aliphatic rings. The van der Waals surface area contributed by atoms with Crippen LogP contribution in [0.25, 0.3) is 11.1 Å². The topological polar surface area (TPSA) is 79.4 Å². The second-order valence-electron chi connectivity index (χ2n) is 6.79. The van der Waals surface area contributed by atoms with Crippen LogP contribution in [0.3, 0.4) is 0 Å². The fraction of sp³-hybridized carbons (Fsp3) is 0.227. The summed E-state index contributed by atoms with van der Waals surface area (Å²) in [7, 11) is 5.58. The molecule has 7 nitrogen and oxygen atoms in total. The van der Waals surface area contributed by atoms with Gasteiger partial charge in [-0.25, -0.2) is 9.97 Å². The summed E-state index contributed by atoms with van der Waals surface area (Å²) < 4.78 is 5.17. The first-order valence-corrected chi connectivity index (χ1v) is 9.31. The molecule has 0 aliphatic carbocycles. The van der Waals surface area contributed by atoms with Crippen molar-refractivity contribution in [3.05, 3.63) is 66.5 Å². The maximum Gasteiger partial charge on any atom is 0.251 e. The molecule has 7 heteroatoms. The summed E-state index contributed by atoms with van der Waals surface area (Å²) in [6.07, 6.45) is 3.54. The molecule has 29 heavy (non-hydrogen) atoms. The van der Waals surface area contributed by atoms with Crippen LogP contribution in [0.4, 0.5) is 11.6 Å². The highest BCUT2D eigenvalue weighted by Crippen LogP contribution is 2.22. The fourth-order valence-corrected chi connectivity index (χ4v) is 2.65. The Hall–Kier alpha value is -3.45. The highest BCUT2D eigenvalue weighted by atomic mass is 16.5. The lowest BCUT2D eigenvalue weighted by atomic mass is 10.1. The Bertz CT molecular complexity index is 923. The number of carbonyl (C=O) groups is 1. The van der Waals surface area contributed by atoms with E-state index in [0.717, 1.165) is 29.1 Å². The van der Waals surface area contributed by atoms with Crippen molar-refractivity contribution in [1.82, 2.24) is 20.2 Å². The van der Waals surface area contributed by atoms with Gasteiger partial charge >= 0.3 is 0 Å². The SMILES string of the molecule is COc1ccc(-c2cnc(Nc3ccc(C(=O)NCCN(C)C)cc3)nc2)cc1. The van der Waals surface area contributed by atoms with E-state index in [1.165, 1.54) is 0 Å². The predicted molar refractivity (Wildman–Crippen MR) is 115 cm³/mol. The van der Waals surface area contributed by atoms with Crippen molar-refractivity contribution in [2.45, 2.75) is 0 Å². The smallest absolute Gasteiger partial charge is 0.251 e. The predicted octanol–water partition coefficient (Wildman–Crippen LogP) is 3.19. The van der Waals surface area contributed by atoms with Gasteiger partial charge in [0.15, 0.2) is 0 Å². The zero-order chi connectivity index (χ0) is 20.6. The van der Waals surface area contributed by atoms with E-state index in [0.29, 0.717) is 18.1 Å². The summed E-state index contributed by atoms with van der Waals surface area (Å²) in [6.45, 7) is 1.41. The summed E-state index contributed by atoms with van der Waals surface area (Å²) in [4.78, 5) is 22.9. The number of benzene rings is 2. The Morgan fingerprint density at radius 1 is 0.966 bits per heavy atom. The zero-order valence-electron chi connectivity index (χ0n) is 16.8. The largest absolute Gasteiger partial charge is 0.497 e. The third kappa shape index (κ3) is 5.76. The van der Waals surface area contributed by atoms with Crippen LogP contribution in [0, 0.1) is 0 Å². The number of nitrogens with one attached hydrogen (secondary N) is 2. The van der Waals surface area contributed by atoms with E-state index < -0.39 is 0 Å². The van der Waals surface area contributed by atoms with Crippen LogP contribution in [0.1, 0.15) is 10.4 Å². The molecule has 2 aromatic carbocycles. The second-order valence-corrected chi connectivity index (χ2v) is 6.79. The summed E-state index contributed by atoms with van der Waals surface area (Å²) in [5.41, 5.74) is 3.36. The number of ether oxygens (including phenoxy) is 1. The molecule has 1 aromatic heterocycles. The van der Waals surface area contributed by atoms with Gasteiger partial charge in [0, 0.05) is 42.3 Å². The molecule has 1 heterocycles. The number of likely N-dealkylation sites (N-methyl/N-ethyl adjacent to an activating group) is 1. The van der Waals surface area contributed by atoms with Crippen LogP contribution in [0.2, 0.25) is 0 Å². The Morgan fingerprint density at radius 3 is 2.21 bits per heavy atom. The van der Waals surface area contributed by atoms with E-state index >= 15 is 0 Å². The Kier molecular flexibility index (Phi) is 6.76. The second kappa shape index (κ2) is 9.66. The summed E-state index contributed by atoms with van der Waals surface area (Å²) in [6, 6.07) is 15.0. The monoisotopic (exact) mass is 391 g/mol. The van der Waals surface area contributed by atoms with E-state index in [1.807, 2.05) is 55.4 Å². The maximum absolute atomic E-state index is 12.1. The van der Waals surface area contributed by atoms with Gasteiger partial charge in [0.2, 0.25) is 5.95 Å². The Labute approximate surface area is 170 Å². The molecular formula is C22H25N5O2. The number of rotatable bonds is 8. The van der Waals surface area contributed by atoms with Crippen LogP contribution in [-0.4, -0.2) is 55.1 Å². The molecule has 0 aliphatic heterocycles. The van der Waals surface area contributed by atoms with Gasteiger partial charge in [-0.2, -0.15) is 0 Å². The van der Waals surface area contributed by atoms with Crippen LogP contribution in [0.15, 0.2) is 60.9 Å². The molecule has 0 radical (unpaired) electrons. The first-order chi connectivity index (χ1) is 14.0. The van der Waals surface area contributed by atoms with Gasteiger partial charge in [-0.05, 0) is 56.1 Å². The minimum absolute atomic E-state index is 0.0847. The van der Waals surface area contributed by atoms with Crippen LogP contribution < -0.4 is 15.4 Å². The fourth-order valence-electron chi connectivity index (χ4n) is 2.65. The highest BCUT2D eigenvalue weighted by Gasteiger charge is 2.06. The number of hydrogen-bond donors (Lipinski definition) is 2. The Morgan fingerprint density at radius 2 is 1.62 bits per heavy atom. The minimum atomic E-state index is -0.0847. The molecule has 3 aromatic rings. The third-order valence-electron chi connectivity index (χ3n) is 4.32. The first kappa shape index (κ1) is 20.3. The van der Waals surface area contributed by atoms with Gasteiger partial charge in [0.25, 0.3) is 5.91 Å². The maximum atomic E-state index is 12.1. The van der Waals surface area contributed by atoms with Crippen molar-refractivity contribution < 1.29 is 9.53 Å². The number of anilines is 2. The molecule has 0 saturated carbocycles. The van der Waals surface area contributed by atoms with Crippen molar-refractivity contribution in [1.29, 1.82) is 0 Å². The molecule has 0 bridgehead atoms. The van der Waals surface area contributed by atoms with E-state index in [-0.39, 0.29) is 5.91 Å². The Balaban J connectivity index is 1.59. The number of hydrogen-bond acceptors (Lipinski definition) is 6. The number of aromatic nitrogens is 2.